The van der Waals surface area contributed by atoms with Crippen LogP contribution in [0.15, 0.2) is 218 Å². The predicted octanol–water partition coefficient (Wildman–Crippen LogP) is 14.4. The van der Waals surface area contributed by atoms with Crippen LogP contribution in [0.25, 0.3) is 71.6 Å². The largest absolute Gasteiger partial charge is 0.310 e. The lowest BCUT2D eigenvalue weighted by atomic mass is 9.90. The van der Waals surface area contributed by atoms with Gasteiger partial charge in [0, 0.05) is 33.5 Å². The highest BCUT2D eigenvalue weighted by molar-refractivity contribution is 6.11. The Morgan fingerprint density at radius 2 is 0.833 bits per heavy atom. The number of fused-ring (bicyclic) bond motifs is 4. The Morgan fingerprint density at radius 3 is 1.54 bits per heavy atom. The molecule has 54 heavy (non-hydrogen) atoms. The van der Waals surface area contributed by atoms with Gasteiger partial charge in [-0.15, -0.1) is 0 Å². The van der Waals surface area contributed by atoms with Crippen LogP contribution in [-0.4, -0.2) is 4.57 Å². The molecule has 10 aromatic rings. The smallest absolute Gasteiger partial charge is 0.0542 e. The van der Waals surface area contributed by atoms with E-state index in [1.165, 1.54) is 66.0 Å². The third kappa shape index (κ3) is 5.53. The first-order valence-corrected chi connectivity index (χ1v) is 18.5. The molecule has 0 unspecified atom stereocenters. The molecule has 0 spiro atoms. The molecule has 0 N–H and O–H groups in total. The zero-order chi connectivity index (χ0) is 35.8. The van der Waals surface area contributed by atoms with E-state index in [1.807, 2.05) is 0 Å². The summed E-state index contributed by atoms with van der Waals surface area (Å²) in [7, 11) is 0. The third-order valence-electron chi connectivity index (χ3n) is 10.6. The summed E-state index contributed by atoms with van der Waals surface area (Å²) in [5.74, 6) is 0. The van der Waals surface area contributed by atoms with Crippen molar-refractivity contribution >= 4 is 49.6 Å². The van der Waals surface area contributed by atoms with Gasteiger partial charge in [-0.05, 0) is 105 Å². The molecular weight excluding hydrogens is 653 g/mol. The molecule has 0 bridgehead atoms. The van der Waals surface area contributed by atoms with Gasteiger partial charge in [0.2, 0.25) is 0 Å². The van der Waals surface area contributed by atoms with Crippen LogP contribution >= 0.6 is 0 Å². The van der Waals surface area contributed by atoms with E-state index >= 15 is 0 Å². The number of anilines is 3. The zero-order valence-electron chi connectivity index (χ0n) is 29.7. The summed E-state index contributed by atoms with van der Waals surface area (Å²) in [6, 6.07) is 78.8. The van der Waals surface area contributed by atoms with E-state index in [2.05, 4.69) is 228 Å². The van der Waals surface area contributed by atoms with Crippen molar-refractivity contribution in [3.05, 3.63) is 218 Å². The molecule has 0 saturated heterocycles. The fourth-order valence-corrected chi connectivity index (χ4v) is 8.05. The van der Waals surface area contributed by atoms with E-state index in [1.54, 1.807) is 0 Å². The van der Waals surface area contributed by atoms with Crippen molar-refractivity contribution in [2.24, 2.45) is 0 Å². The van der Waals surface area contributed by atoms with Crippen LogP contribution < -0.4 is 4.90 Å². The molecular formula is C52H36N2. The molecule has 0 atom stereocenters. The third-order valence-corrected chi connectivity index (χ3v) is 10.6. The Bertz CT molecular complexity index is 2890. The summed E-state index contributed by atoms with van der Waals surface area (Å²) in [6.07, 6.45) is 0. The molecule has 0 fully saturated rings. The number of para-hydroxylation sites is 2. The number of rotatable bonds is 7. The fraction of sp³-hybridized carbons (Fsp3) is 0. The molecule has 0 saturated carbocycles. The van der Waals surface area contributed by atoms with E-state index in [-0.39, 0.29) is 0 Å². The predicted molar refractivity (Wildman–Crippen MR) is 229 cm³/mol. The Morgan fingerprint density at radius 1 is 0.315 bits per heavy atom. The monoisotopic (exact) mass is 688 g/mol. The van der Waals surface area contributed by atoms with Gasteiger partial charge in [-0.3, -0.25) is 0 Å². The first-order chi connectivity index (χ1) is 26.8. The van der Waals surface area contributed by atoms with E-state index < -0.39 is 0 Å². The lowest BCUT2D eigenvalue weighted by molar-refractivity contribution is 1.18. The minimum atomic E-state index is 1.10. The van der Waals surface area contributed by atoms with Crippen LogP contribution in [0.3, 0.4) is 0 Å². The van der Waals surface area contributed by atoms with Gasteiger partial charge in [-0.2, -0.15) is 0 Å². The first-order valence-electron chi connectivity index (χ1n) is 18.5. The van der Waals surface area contributed by atoms with Gasteiger partial charge >= 0.3 is 0 Å². The van der Waals surface area contributed by atoms with Crippen LogP contribution in [-0.2, 0) is 0 Å². The topological polar surface area (TPSA) is 8.17 Å². The second-order valence-corrected chi connectivity index (χ2v) is 13.8. The van der Waals surface area contributed by atoms with Crippen LogP contribution in [0.1, 0.15) is 0 Å². The fourth-order valence-electron chi connectivity index (χ4n) is 8.05. The summed E-state index contributed by atoms with van der Waals surface area (Å²) >= 11 is 0. The molecule has 9 aromatic carbocycles. The van der Waals surface area contributed by atoms with E-state index in [4.69, 9.17) is 0 Å². The van der Waals surface area contributed by atoms with Gasteiger partial charge in [0.25, 0.3) is 0 Å². The molecule has 0 aliphatic heterocycles. The Kier molecular flexibility index (Phi) is 7.85. The molecule has 0 radical (unpaired) electrons. The van der Waals surface area contributed by atoms with E-state index in [9.17, 15) is 0 Å². The summed E-state index contributed by atoms with van der Waals surface area (Å²) in [5.41, 5.74) is 14.1. The summed E-state index contributed by atoms with van der Waals surface area (Å²) in [5, 5.41) is 4.95. The molecule has 0 aliphatic carbocycles. The van der Waals surface area contributed by atoms with Crippen molar-refractivity contribution in [3.63, 3.8) is 0 Å². The van der Waals surface area contributed by atoms with Gasteiger partial charge in [-0.1, -0.05) is 158 Å². The number of hydrogen-bond acceptors (Lipinski definition) is 1. The lowest BCUT2D eigenvalue weighted by Crippen LogP contribution is -2.10. The zero-order valence-corrected chi connectivity index (χ0v) is 29.7. The number of aromatic nitrogens is 1. The molecule has 254 valence electrons. The van der Waals surface area contributed by atoms with Gasteiger partial charge in [0.1, 0.15) is 0 Å². The van der Waals surface area contributed by atoms with Crippen molar-refractivity contribution in [2.45, 2.75) is 0 Å². The Hall–Kier alpha value is -7.16. The maximum Gasteiger partial charge on any atom is 0.0542 e. The van der Waals surface area contributed by atoms with Crippen molar-refractivity contribution < 1.29 is 0 Å². The van der Waals surface area contributed by atoms with E-state index in [0.29, 0.717) is 0 Å². The summed E-state index contributed by atoms with van der Waals surface area (Å²) in [6.45, 7) is 0. The molecule has 1 heterocycles. The second-order valence-electron chi connectivity index (χ2n) is 13.8. The molecule has 0 aliphatic rings. The highest BCUT2D eigenvalue weighted by Gasteiger charge is 2.19. The normalized spacial score (nSPS) is 11.3. The minimum absolute atomic E-state index is 1.10. The summed E-state index contributed by atoms with van der Waals surface area (Å²) < 4.78 is 2.37. The van der Waals surface area contributed by atoms with Gasteiger partial charge in [0.05, 0.1) is 11.0 Å². The number of nitrogens with zero attached hydrogens (tertiary/aromatic N) is 2. The Labute approximate surface area is 315 Å². The minimum Gasteiger partial charge on any atom is -0.310 e. The lowest BCUT2D eigenvalue weighted by Gasteiger charge is -2.26. The van der Waals surface area contributed by atoms with Crippen molar-refractivity contribution in [1.82, 2.24) is 4.57 Å². The van der Waals surface area contributed by atoms with Crippen LogP contribution in [0.2, 0.25) is 0 Å². The van der Waals surface area contributed by atoms with Crippen LogP contribution in [0, 0.1) is 0 Å². The standard InChI is InChI=1S/C52H36N2/c1-4-14-37(15-5-1)38-24-29-43(30-25-38)53(45-33-35-51-49(36-45)48-22-12-13-23-50(48)54(51)42-19-8-3-9-20-42)44-31-26-40(27-32-44)47-34-28-39-16-10-11-21-46(39)52(47)41-17-6-2-7-18-41/h1-36H. The number of benzene rings is 9. The Balaban J connectivity index is 1.13. The average molecular weight is 689 g/mol. The molecule has 2 heteroatoms. The van der Waals surface area contributed by atoms with Gasteiger partial charge in [0.15, 0.2) is 0 Å². The number of hydrogen-bond donors (Lipinski definition) is 0. The van der Waals surface area contributed by atoms with Crippen LogP contribution in [0.5, 0.6) is 0 Å². The molecule has 0 amide bonds. The highest BCUT2D eigenvalue weighted by atomic mass is 15.1. The van der Waals surface area contributed by atoms with Crippen molar-refractivity contribution in [2.75, 3.05) is 4.90 Å². The van der Waals surface area contributed by atoms with E-state index in [0.717, 1.165) is 22.7 Å². The van der Waals surface area contributed by atoms with Crippen molar-refractivity contribution in [3.8, 4) is 39.1 Å². The molecule has 1 aromatic heterocycles. The SMILES string of the molecule is c1ccc(-c2ccc(N(c3ccc(-c4ccc5ccccc5c4-c4ccccc4)cc3)c3ccc4c(c3)c3ccccc3n4-c3ccccc3)cc2)cc1. The molecule has 10 rings (SSSR count). The maximum atomic E-state index is 2.38. The molecule has 2 nitrogen and oxygen atoms in total. The van der Waals surface area contributed by atoms with Crippen molar-refractivity contribution in [1.29, 1.82) is 0 Å². The maximum absolute atomic E-state index is 2.38. The summed E-state index contributed by atoms with van der Waals surface area (Å²) in [4.78, 5) is 2.38. The van der Waals surface area contributed by atoms with Gasteiger partial charge in [-0.25, -0.2) is 0 Å². The van der Waals surface area contributed by atoms with Gasteiger partial charge < -0.3 is 9.47 Å². The quantitative estimate of drug-likeness (QED) is 0.162. The second kappa shape index (κ2) is 13.4. The highest BCUT2D eigenvalue weighted by Crippen LogP contribution is 2.42. The first kappa shape index (κ1) is 31.6. The average Bonchev–Trinajstić information content (AvgIpc) is 3.58. The van der Waals surface area contributed by atoms with Crippen LogP contribution in [0.4, 0.5) is 17.1 Å².